The minimum atomic E-state index is -0.373. The number of rotatable bonds is 5. The number of ether oxygens (including phenoxy) is 3. The van der Waals surface area contributed by atoms with Crippen molar-refractivity contribution in [1.29, 1.82) is 5.26 Å². The summed E-state index contributed by atoms with van der Waals surface area (Å²) in [6.07, 6.45) is 1.54. The van der Waals surface area contributed by atoms with Crippen LogP contribution in [0.15, 0.2) is 48.0 Å². The minimum absolute atomic E-state index is 0.0287. The van der Waals surface area contributed by atoms with E-state index in [1.165, 1.54) is 6.08 Å². The van der Waals surface area contributed by atoms with Crippen LogP contribution >= 0.6 is 0 Å². The van der Waals surface area contributed by atoms with Crippen molar-refractivity contribution in [2.75, 3.05) is 13.4 Å². The first-order valence-electron chi connectivity index (χ1n) is 7.51. The fraction of sp³-hybridized carbons (Fsp3) is 0.158. The summed E-state index contributed by atoms with van der Waals surface area (Å²) in [7, 11) is 0. The van der Waals surface area contributed by atoms with Gasteiger partial charge in [-0.3, -0.25) is 4.79 Å². The molecule has 0 N–H and O–H groups in total. The molecule has 0 saturated carbocycles. The summed E-state index contributed by atoms with van der Waals surface area (Å²) in [5.74, 6) is 1.36. The number of ketones is 1. The van der Waals surface area contributed by atoms with Crippen LogP contribution in [-0.4, -0.2) is 19.2 Å². The van der Waals surface area contributed by atoms with Gasteiger partial charge in [0.1, 0.15) is 17.4 Å². The summed E-state index contributed by atoms with van der Waals surface area (Å²) < 4.78 is 16.0. The molecule has 0 bridgehead atoms. The predicted molar refractivity (Wildman–Crippen MR) is 88.1 cm³/mol. The number of allylic oxidation sites excluding steroid dienone is 1. The van der Waals surface area contributed by atoms with Crippen LogP contribution in [0.3, 0.4) is 0 Å². The Morgan fingerprint density at radius 2 is 2.04 bits per heavy atom. The summed E-state index contributed by atoms with van der Waals surface area (Å²) in [5, 5.41) is 9.40. The molecule has 0 aromatic heterocycles. The quantitative estimate of drug-likeness (QED) is 0.478. The molecule has 1 heterocycles. The first kappa shape index (κ1) is 15.6. The van der Waals surface area contributed by atoms with E-state index in [2.05, 4.69) is 0 Å². The summed E-state index contributed by atoms with van der Waals surface area (Å²) in [6, 6.07) is 14.1. The van der Waals surface area contributed by atoms with Crippen LogP contribution in [-0.2, 0) is 0 Å². The van der Waals surface area contributed by atoms with Gasteiger partial charge in [-0.05, 0) is 37.3 Å². The Morgan fingerprint density at radius 1 is 1.25 bits per heavy atom. The third-order valence-electron chi connectivity index (χ3n) is 3.52. The van der Waals surface area contributed by atoms with E-state index in [1.807, 2.05) is 25.1 Å². The van der Waals surface area contributed by atoms with E-state index in [4.69, 9.17) is 14.2 Å². The highest BCUT2D eigenvalue weighted by molar-refractivity contribution is 6.14. The smallest absolute Gasteiger partial charge is 0.231 e. The van der Waals surface area contributed by atoms with Crippen LogP contribution in [0.25, 0.3) is 6.08 Å². The Balaban J connectivity index is 1.94. The average molecular weight is 321 g/mol. The lowest BCUT2D eigenvalue weighted by Crippen LogP contribution is -2.02. The van der Waals surface area contributed by atoms with Crippen LogP contribution in [0.1, 0.15) is 22.8 Å². The summed E-state index contributed by atoms with van der Waals surface area (Å²) in [6.45, 7) is 2.52. The molecule has 2 aromatic rings. The van der Waals surface area contributed by atoms with Gasteiger partial charge in [-0.15, -0.1) is 0 Å². The molecule has 0 amide bonds. The molecule has 0 saturated heterocycles. The Hall–Kier alpha value is -3.26. The predicted octanol–water partition coefficient (Wildman–Crippen LogP) is 3.60. The maximum Gasteiger partial charge on any atom is 0.231 e. The number of nitrogens with zero attached hydrogens (tertiary/aromatic N) is 1. The lowest BCUT2D eigenvalue weighted by atomic mass is 10.0. The summed E-state index contributed by atoms with van der Waals surface area (Å²) in [4.78, 5) is 12.6. The van der Waals surface area contributed by atoms with E-state index in [0.717, 1.165) is 0 Å². The summed E-state index contributed by atoms with van der Waals surface area (Å²) in [5.41, 5.74) is 1.09. The van der Waals surface area contributed by atoms with Crippen molar-refractivity contribution in [3.8, 4) is 23.3 Å². The molecule has 0 unspecified atom stereocenters. The van der Waals surface area contributed by atoms with Crippen LogP contribution in [0.2, 0.25) is 0 Å². The van der Waals surface area contributed by atoms with Crippen LogP contribution in [0.4, 0.5) is 0 Å². The molecule has 1 aliphatic rings. The van der Waals surface area contributed by atoms with Gasteiger partial charge in [0.05, 0.1) is 6.61 Å². The van der Waals surface area contributed by atoms with Crippen molar-refractivity contribution in [3.05, 3.63) is 59.2 Å². The van der Waals surface area contributed by atoms with Crippen molar-refractivity contribution in [2.24, 2.45) is 0 Å². The number of hydrogen-bond acceptors (Lipinski definition) is 5. The van der Waals surface area contributed by atoms with Gasteiger partial charge < -0.3 is 14.2 Å². The molecule has 24 heavy (non-hydrogen) atoms. The van der Waals surface area contributed by atoms with E-state index < -0.39 is 0 Å². The largest absolute Gasteiger partial charge is 0.493 e. The van der Waals surface area contributed by atoms with Crippen molar-refractivity contribution >= 4 is 11.9 Å². The van der Waals surface area contributed by atoms with Crippen molar-refractivity contribution < 1.29 is 19.0 Å². The van der Waals surface area contributed by atoms with Gasteiger partial charge in [0.2, 0.25) is 12.6 Å². The minimum Gasteiger partial charge on any atom is -0.493 e. The molecule has 5 nitrogen and oxygen atoms in total. The first-order valence-corrected chi connectivity index (χ1v) is 7.51. The molecule has 120 valence electrons. The molecule has 0 radical (unpaired) electrons. The third-order valence-corrected chi connectivity index (χ3v) is 3.52. The molecule has 5 heteroatoms. The second kappa shape index (κ2) is 6.88. The highest BCUT2D eigenvalue weighted by atomic mass is 16.7. The zero-order chi connectivity index (χ0) is 16.9. The molecule has 0 atom stereocenters. The van der Waals surface area contributed by atoms with Gasteiger partial charge in [0.15, 0.2) is 11.5 Å². The number of fused-ring (bicyclic) bond motifs is 1. The molecule has 0 aliphatic carbocycles. The Morgan fingerprint density at radius 3 is 2.83 bits per heavy atom. The van der Waals surface area contributed by atoms with Crippen molar-refractivity contribution in [1.82, 2.24) is 0 Å². The number of benzene rings is 2. The standard InChI is InChI=1S/C19H15NO4/c1-2-22-16-6-4-3-5-13(16)9-15(11-20)19(21)14-7-8-17-18(10-14)24-12-23-17/h3-10H,2,12H2,1H3/b15-9-. The molecular formula is C19H15NO4. The van der Waals surface area contributed by atoms with Gasteiger partial charge >= 0.3 is 0 Å². The number of hydrogen-bond donors (Lipinski definition) is 0. The lowest BCUT2D eigenvalue weighted by Gasteiger charge is -2.07. The fourth-order valence-corrected chi connectivity index (χ4v) is 2.38. The maximum absolute atomic E-state index is 12.6. The van der Waals surface area contributed by atoms with Crippen LogP contribution < -0.4 is 14.2 Å². The lowest BCUT2D eigenvalue weighted by molar-refractivity contribution is 0.103. The van der Waals surface area contributed by atoms with E-state index in [9.17, 15) is 10.1 Å². The van der Waals surface area contributed by atoms with Crippen LogP contribution in [0, 0.1) is 11.3 Å². The molecule has 0 spiro atoms. The fourth-order valence-electron chi connectivity index (χ4n) is 2.38. The van der Waals surface area contributed by atoms with E-state index in [0.29, 0.717) is 35.0 Å². The average Bonchev–Trinajstić information content (AvgIpc) is 3.08. The number of nitriles is 1. The molecule has 3 rings (SSSR count). The van der Waals surface area contributed by atoms with Gasteiger partial charge in [0.25, 0.3) is 0 Å². The highest BCUT2D eigenvalue weighted by Gasteiger charge is 2.19. The SMILES string of the molecule is CCOc1ccccc1/C=C(/C#N)C(=O)c1ccc2c(c1)OCO2. The Labute approximate surface area is 139 Å². The highest BCUT2D eigenvalue weighted by Crippen LogP contribution is 2.33. The molecule has 2 aromatic carbocycles. The number of Topliss-reactive ketones (excluding diaryl/α,β-unsaturated/α-hetero) is 1. The topological polar surface area (TPSA) is 68.5 Å². The van der Waals surface area contributed by atoms with E-state index in [1.54, 1.807) is 30.3 Å². The summed E-state index contributed by atoms with van der Waals surface area (Å²) >= 11 is 0. The molecule has 0 fully saturated rings. The first-order chi connectivity index (χ1) is 11.7. The van der Waals surface area contributed by atoms with Crippen LogP contribution in [0.5, 0.6) is 17.2 Å². The normalized spacial score (nSPS) is 12.6. The van der Waals surface area contributed by atoms with Crippen molar-refractivity contribution in [3.63, 3.8) is 0 Å². The van der Waals surface area contributed by atoms with Gasteiger partial charge in [-0.2, -0.15) is 5.26 Å². The van der Waals surface area contributed by atoms with Gasteiger partial charge in [-0.1, -0.05) is 18.2 Å². The second-order valence-corrected chi connectivity index (χ2v) is 5.04. The van der Waals surface area contributed by atoms with E-state index >= 15 is 0 Å². The zero-order valence-electron chi connectivity index (χ0n) is 13.1. The van der Waals surface area contributed by atoms with Gasteiger partial charge in [-0.25, -0.2) is 0 Å². The molecular weight excluding hydrogens is 306 g/mol. The number of para-hydroxylation sites is 1. The third kappa shape index (κ3) is 3.08. The maximum atomic E-state index is 12.6. The zero-order valence-corrected chi connectivity index (χ0v) is 13.1. The van der Waals surface area contributed by atoms with E-state index in [-0.39, 0.29) is 18.1 Å². The van der Waals surface area contributed by atoms with Crippen molar-refractivity contribution in [2.45, 2.75) is 6.92 Å². The number of carbonyl (C=O) groups excluding carboxylic acids is 1. The number of carbonyl (C=O) groups is 1. The Bertz CT molecular complexity index is 849. The second-order valence-electron chi connectivity index (χ2n) is 5.04. The molecule has 1 aliphatic heterocycles. The van der Waals surface area contributed by atoms with Gasteiger partial charge in [0, 0.05) is 11.1 Å². The Kier molecular flexibility index (Phi) is 4.48. The monoisotopic (exact) mass is 321 g/mol.